The molecular weight excluding hydrogens is 358 g/mol. The summed E-state index contributed by atoms with van der Waals surface area (Å²) >= 11 is 1.69. The van der Waals surface area contributed by atoms with Gasteiger partial charge in [-0.1, -0.05) is 19.4 Å². The molecule has 1 aliphatic heterocycles. The standard InChI is InChI=1S/C20H27N5OS/c1-2-4-15-13-22-19(27-15)24-17-6-3-5-16(23-17)14-7-11-25(12-8-14)18(26)20(21)9-10-20/h3,5-6,13-14H,2,4,7-12,21H2,1H3,(H,22,23,24). The summed E-state index contributed by atoms with van der Waals surface area (Å²) in [4.78, 5) is 24.9. The molecule has 2 aromatic rings. The van der Waals surface area contributed by atoms with Gasteiger partial charge in [0.05, 0.1) is 5.54 Å². The Bertz CT molecular complexity index is 808. The zero-order valence-corrected chi connectivity index (χ0v) is 16.6. The molecule has 1 saturated heterocycles. The molecule has 3 heterocycles. The van der Waals surface area contributed by atoms with Gasteiger partial charge in [0, 0.05) is 35.8 Å². The van der Waals surface area contributed by atoms with Crippen molar-refractivity contribution in [1.82, 2.24) is 14.9 Å². The summed E-state index contributed by atoms with van der Waals surface area (Å²) in [7, 11) is 0. The number of aryl methyl sites for hydroxylation is 1. The van der Waals surface area contributed by atoms with E-state index in [0.717, 1.165) is 68.3 Å². The first kappa shape index (κ1) is 18.4. The van der Waals surface area contributed by atoms with E-state index in [-0.39, 0.29) is 5.91 Å². The lowest BCUT2D eigenvalue weighted by molar-refractivity contribution is -0.134. The van der Waals surface area contributed by atoms with Crippen LogP contribution in [0.15, 0.2) is 24.4 Å². The third-order valence-corrected chi connectivity index (χ3v) is 6.44. The number of carbonyl (C=O) groups is 1. The number of hydrogen-bond donors (Lipinski definition) is 2. The van der Waals surface area contributed by atoms with Crippen molar-refractivity contribution in [3.63, 3.8) is 0 Å². The topological polar surface area (TPSA) is 84.1 Å². The molecule has 2 aromatic heterocycles. The Balaban J connectivity index is 1.37. The Morgan fingerprint density at radius 1 is 1.37 bits per heavy atom. The number of nitrogens with zero attached hydrogens (tertiary/aromatic N) is 3. The number of anilines is 2. The van der Waals surface area contributed by atoms with E-state index in [0.29, 0.717) is 5.92 Å². The summed E-state index contributed by atoms with van der Waals surface area (Å²) in [5, 5.41) is 4.22. The number of pyridine rings is 1. The van der Waals surface area contributed by atoms with E-state index in [1.807, 2.05) is 23.2 Å². The van der Waals surface area contributed by atoms with Crippen LogP contribution in [0.1, 0.15) is 55.5 Å². The van der Waals surface area contributed by atoms with E-state index in [1.54, 1.807) is 11.3 Å². The SMILES string of the molecule is CCCc1cnc(Nc2cccc(C3CCN(C(=O)C4(N)CC4)CC3)n2)s1. The van der Waals surface area contributed by atoms with Crippen LogP contribution in [0.5, 0.6) is 0 Å². The van der Waals surface area contributed by atoms with Crippen molar-refractivity contribution in [2.75, 3.05) is 18.4 Å². The minimum absolute atomic E-state index is 0.135. The summed E-state index contributed by atoms with van der Waals surface area (Å²) < 4.78 is 0. The largest absolute Gasteiger partial charge is 0.341 e. The smallest absolute Gasteiger partial charge is 0.242 e. The highest BCUT2D eigenvalue weighted by Crippen LogP contribution is 2.36. The number of hydrogen-bond acceptors (Lipinski definition) is 6. The minimum Gasteiger partial charge on any atom is -0.341 e. The molecule has 0 aromatic carbocycles. The monoisotopic (exact) mass is 385 g/mol. The number of nitrogens with two attached hydrogens (primary N) is 1. The van der Waals surface area contributed by atoms with E-state index < -0.39 is 5.54 Å². The second-order valence-corrected chi connectivity index (χ2v) is 8.79. The van der Waals surface area contributed by atoms with Gasteiger partial charge in [-0.3, -0.25) is 4.79 Å². The Hall–Kier alpha value is -1.99. The summed E-state index contributed by atoms with van der Waals surface area (Å²) in [5.41, 5.74) is 6.60. The summed E-state index contributed by atoms with van der Waals surface area (Å²) in [6.45, 7) is 3.72. The average molecular weight is 386 g/mol. The predicted molar refractivity (Wildman–Crippen MR) is 108 cm³/mol. The number of aromatic nitrogens is 2. The lowest BCUT2D eigenvalue weighted by Crippen LogP contribution is -2.48. The summed E-state index contributed by atoms with van der Waals surface area (Å²) in [6.07, 6.45) is 7.68. The normalized spacial score (nSPS) is 19.1. The third-order valence-electron chi connectivity index (χ3n) is 5.47. The van der Waals surface area contributed by atoms with Crippen LogP contribution in [0.3, 0.4) is 0 Å². The van der Waals surface area contributed by atoms with Gasteiger partial charge in [-0.25, -0.2) is 9.97 Å². The molecule has 7 heteroatoms. The predicted octanol–water partition coefficient (Wildman–Crippen LogP) is 3.43. The Morgan fingerprint density at radius 3 is 2.85 bits per heavy atom. The fourth-order valence-electron chi connectivity index (χ4n) is 3.63. The Labute approximate surface area is 164 Å². The second-order valence-electron chi connectivity index (χ2n) is 7.68. The molecule has 6 nitrogen and oxygen atoms in total. The maximum Gasteiger partial charge on any atom is 0.242 e. The van der Waals surface area contributed by atoms with E-state index in [2.05, 4.69) is 23.3 Å². The second kappa shape index (κ2) is 7.56. The van der Waals surface area contributed by atoms with Crippen LogP contribution in [-0.4, -0.2) is 39.4 Å². The summed E-state index contributed by atoms with van der Waals surface area (Å²) in [5.74, 6) is 1.36. The van der Waals surface area contributed by atoms with E-state index in [9.17, 15) is 4.79 Å². The number of thiazole rings is 1. The van der Waals surface area contributed by atoms with Crippen LogP contribution in [0.4, 0.5) is 10.9 Å². The number of amides is 1. The van der Waals surface area contributed by atoms with Gasteiger partial charge >= 0.3 is 0 Å². The lowest BCUT2D eigenvalue weighted by atomic mass is 9.92. The van der Waals surface area contributed by atoms with Crippen LogP contribution in [0, 0.1) is 0 Å². The Kier molecular flexibility index (Phi) is 5.14. The van der Waals surface area contributed by atoms with Crippen LogP contribution in [0.2, 0.25) is 0 Å². The molecule has 1 amide bonds. The molecule has 2 aliphatic rings. The van der Waals surface area contributed by atoms with Crippen molar-refractivity contribution < 1.29 is 4.79 Å². The van der Waals surface area contributed by atoms with Crippen LogP contribution in [-0.2, 0) is 11.2 Å². The fourth-order valence-corrected chi connectivity index (χ4v) is 4.55. The van der Waals surface area contributed by atoms with Gasteiger partial charge in [-0.05, 0) is 44.2 Å². The van der Waals surface area contributed by atoms with Crippen molar-refractivity contribution in [3.05, 3.63) is 35.0 Å². The summed E-state index contributed by atoms with van der Waals surface area (Å²) in [6, 6.07) is 6.11. The molecule has 144 valence electrons. The van der Waals surface area contributed by atoms with Crippen molar-refractivity contribution in [2.45, 2.75) is 56.9 Å². The molecule has 2 fully saturated rings. The van der Waals surface area contributed by atoms with Gasteiger partial charge in [-0.15, -0.1) is 11.3 Å². The molecule has 1 saturated carbocycles. The molecule has 0 atom stereocenters. The van der Waals surface area contributed by atoms with Crippen molar-refractivity contribution >= 4 is 28.2 Å². The molecule has 0 unspecified atom stereocenters. The number of piperidine rings is 1. The number of carbonyl (C=O) groups excluding carboxylic acids is 1. The highest BCUT2D eigenvalue weighted by Gasteiger charge is 2.48. The maximum absolute atomic E-state index is 12.4. The highest BCUT2D eigenvalue weighted by molar-refractivity contribution is 7.15. The maximum atomic E-state index is 12.4. The van der Waals surface area contributed by atoms with Gasteiger partial charge in [0.15, 0.2) is 5.13 Å². The first-order valence-corrected chi connectivity index (χ1v) is 10.7. The van der Waals surface area contributed by atoms with Crippen molar-refractivity contribution in [2.24, 2.45) is 5.73 Å². The molecule has 0 spiro atoms. The zero-order chi connectivity index (χ0) is 18.9. The molecule has 3 N–H and O–H groups in total. The number of likely N-dealkylation sites (tertiary alicyclic amines) is 1. The Morgan fingerprint density at radius 2 is 2.15 bits per heavy atom. The lowest BCUT2D eigenvalue weighted by Gasteiger charge is -2.33. The van der Waals surface area contributed by atoms with Crippen molar-refractivity contribution in [1.29, 1.82) is 0 Å². The van der Waals surface area contributed by atoms with Crippen LogP contribution in [0.25, 0.3) is 0 Å². The minimum atomic E-state index is -0.556. The van der Waals surface area contributed by atoms with Crippen LogP contribution < -0.4 is 11.1 Å². The third kappa shape index (κ3) is 4.14. The van der Waals surface area contributed by atoms with Gasteiger partial charge < -0.3 is 16.0 Å². The first-order valence-electron chi connectivity index (χ1n) is 9.84. The zero-order valence-electron chi connectivity index (χ0n) is 15.8. The molecular formula is C20H27N5OS. The molecule has 0 bridgehead atoms. The van der Waals surface area contributed by atoms with E-state index in [4.69, 9.17) is 10.7 Å². The fraction of sp³-hybridized carbons (Fsp3) is 0.550. The quantitative estimate of drug-likeness (QED) is 0.796. The molecule has 0 radical (unpaired) electrons. The van der Waals surface area contributed by atoms with Crippen LogP contribution >= 0.6 is 11.3 Å². The van der Waals surface area contributed by atoms with Crippen molar-refractivity contribution in [3.8, 4) is 0 Å². The van der Waals surface area contributed by atoms with Gasteiger partial charge in [-0.2, -0.15) is 0 Å². The number of nitrogens with one attached hydrogen (secondary N) is 1. The van der Waals surface area contributed by atoms with Gasteiger partial charge in [0.25, 0.3) is 0 Å². The van der Waals surface area contributed by atoms with E-state index >= 15 is 0 Å². The van der Waals surface area contributed by atoms with Gasteiger partial charge in [0.2, 0.25) is 5.91 Å². The first-order chi connectivity index (χ1) is 13.1. The highest BCUT2D eigenvalue weighted by atomic mass is 32.1. The molecule has 4 rings (SSSR count). The molecule has 1 aliphatic carbocycles. The van der Waals surface area contributed by atoms with E-state index in [1.165, 1.54) is 4.88 Å². The number of rotatable bonds is 6. The average Bonchev–Trinajstić information content (AvgIpc) is 3.29. The van der Waals surface area contributed by atoms with Gasteiger partial charge in [0.1, 0.15) is 5.82 Å². The molecule has 27 heavy (non-hydrogen) atoms.